The number of fused-ring (bicyclic) bond motifs is 2. The summed E-state index contributed by atoms with van der Waals surface area (Å²) in [4.78, 5) is 36.0. The highest BCUT2D eigenvalue weighted by atomic mass is 35.5. The first-order valence-electron chi connectivity index (χ1n) is 10.3. The number of carbonyl (C=O) groups excluding carboxylic acids is 2. The average Bonchev–Trinajstić information content (AvgIpc) is 2.83. The maximum absolute atomic E-state index is 13.1. The number of nitrogens with zero attached hydrogens (tertiary/aromatic N) is 3. The van der Waals surface area contributed by atoms with E-state index in [0.29, 0.717) is 35.7 Å². The fraction of sp³-hybridized carbons (Fsp3) is 0.120. The van der Waals surface area contributed by atoms with E-state index in [1.807, 2.05) is 47.4 Å². The lowest BCUT2D eigenvalue weighted by Crippen LogP contribution is -2.36. The molecule has 158 valence electrons. The van der Waals surface area contributed by atoms with Crippen molar-refractivity contribution >= 4 is 40.1 Å². The third-order valence-corrected chi connectivity index (χ3v) is 5.80. The minimum atomic E-state index is -0.300. The highest BCUT2D eigenvalue weighted by Gasteiger charge is 2.24. The molecule has 1 aliphatic rings. The van der Waals surface area contributed by atoms with Gasteiger partial charge in [-0.2, -0.15) is 0 Å². The second kappa shape index (κ2) is 8.40. The van der Waals surface area contributed by atoms with E-state index in [1.165, 1.54) is 0 Å². The first-order chi connectivity index (χ1) is 15.6. The van der Waals surface area contributed by atoms with E-state index in [0.717, 1.165) is 22.0 Å². The van der Waals surface area contributed by atoms with Gasteiger partial charge in [0.15, 0.2) is 0 Å². The Balaban J connectivity index is 1.30. The molecule has 0 atom stereocenters. The second-order valence-electron chi connectivity index (χ2n) is 7.67. The monoisotopic (exact) mass is 442 g/mol. The van der Waals surface area contributed by atoms with Crippen LogP contribution in [0.25, 0.3) is 10.8 Å². The molecule has 0 aliphatic carbocycles. The molecule has 0 unspecified atom stereocenters. The lowest BCUT2D eigenvalue weighted by Gasteiger charge is -2.28. The van der Waals surface area contributed by atoms with Crippen LogP contribution in [-0.4, -0.2) is 33.2 Å². The van der Waals surface area contributed by atoms with E-state index in [4.69, 9.17) is 11.6 Å². The number of halogens is 1. The summed E-state index contributed by atoms with van der Waals surface area (Å²) in [6, 6.07) is 20.4. The van der Waals surface area contributed by atoms with Crippen LogP contribution in [0.15, 0.2) is 72.9 Å². The lowest BCUT2D eigenvalue weighted by molar-refractivity contribution is 0.0733. The van der Waals surface area contributed by atoms with Crippen LogP contribution >= 0.6 is 11.6 Å². The van der Waals surface area contributed by atoms with Crippen molar-refractivity contribution in [3.05, 3.63) is 100 Å². The molecule has 0 saturated carbocycles. The quantitative estimate of drug-likeness (QED) is 0.497. The van der Waals surface area contributed by atoms with Gasteiger partial charge in [0, 0.05) is 47.4 Å². The van der Waals surface area contributed by atoms with Gasteiger partial charge in [0.05, 0.1) is 5.69 Å². The summed E-state index contributed by atoms with van der Waals surface area (Å²) in [7, 11) is 0. The number of hydrogen-bond acceptors (Lipinski definition) is 4. The third kappa shape index (κ3) is 4.05. The van der Waals surface area contributed by atoms with E-state index in [1.54, 1.807) is 30.5 Å². The van der Waals surface area contributed by atoms with E-state index in [2.05, 4.69) is 15.3 Å². The number of amides is 2. The van der Waals surface area contributed by atoms with Crippen molar-refractivity contribution in [3.8, 4) is 0 Å². The Hall–Kier alpha value is -3.77. The summed E-state index contributed by atoms with van der Waals surface area (Å²) in [6.07, 6.45) is 2.28. The topological polar surface area (TPSA) is 75.2 Å². The summed E-state index contributed by atoms with van der Waals surface area (Å²) in [6.45, 7) is 0.993. The molecule has 7 heteroatoms. The number of nitrogens with one attached hydrogen (secondary N) is 1. The summed E-state index contributed by atoms with van der Waals surface area (Å²) >= 11 is 5.87. The zero-order valence-electron chi connectivity index (χ0n) is 17.1. The Morgan fingerprint density at radius 2 is 1.69 bits per heavy atom. The van der Waals surface area contributed by atoms with Gasteiger partial charge in [-0.25, -0.2) is 9.97 Å². The van der Waals surface area contributed by atoms with Gasteiger partial charge in [-0.3, -0.25) is 14.9 Å². The fourth-order valence-electron chi connectivity index (χ4n) is 3.83. The molecule has 0 spiro atoms. The summed E-state index contributed by atoms with van der Waals surface area (Å²) < 4.78 is 0. The van der Waals surface area contributed by atoms with Gasteiger partial charge >= 0.3 is 0 Å². The van der Waals surface area contributed by atoms with Crippen LogP contribution in [0.1, 0.15) is 32.0 Å². The first-order valence-corrected chi connectivity index (χ1v) is 10.6. The normalized spacial score (nSPS) is 13.0. The zero-order valence-corrected chi connectivity index (χ0v) is 17.8. The molecule has 1 N–H and O–H groups in total. The largest absolute Gasteiger partial charge is 0.334 e. The van der Waals surface area contributed by atoms with Crippen molar-refractivity contribution < 1.29 is 9.59 Å². The molecule has 32 heavy (non-hydrogen) atoms. The Labute approximate surface area is 189 Å². The third-order valence-electron chi connectivity index (χ3n) is 5.55. The van der Waals surface area contributed by atoms with Gasteiger partial charge < -0.3 is 4.90 Å². The molecule has 6 nitrogen and oxygen atoms in total. The van der Waals surface area contributed by atoms with Crippen LogP contribution in [0.5, 0.6) is 0 Å². The number of hydrogen-bond donors (Lipinski definition) is 1. The molecule has 1 aromatic heterocycles. The Bertz CT molecular complexity index is 1340. The van der Waals surface area contributed by atoms with Crippen molar-refractivity contribution in [2.24, 2.45) is 0 Å². The summed E-state index contributed by atoms with van der Waals surface area (Å²) in [5, 5.41) is 5.43. The van der Waals surface area contributed by atoms with Crippen LogP contribution in [0.2, 0.25) is 5.02 Å². The first kappa shape index (κ1) is 20.2. The maximum Gasteiger partial charge on any atom is 0.258 e. The van der Waals surface area contributed by atoms with E-state index in [-0.39, 0.29) is 17.8 Å². The van der Waals surface area contributed by atoms with E-state index in [9.17, 15) is 9.59 Å². The smallest absolute Gasteiger partial charge is 0.258 e. The molecular weight excluding hydrogens is 424 g/mol. The highest BCUT2D eigenvalue weighted by Crippen LogP contribution is 2.22. The van der Waals surface area contributed by atoms with Crippen LogP contribution in [0.4, 0.5) is 5.95 Å². The lowest BCUT2D eigenvalue weighted by atomic mass is 10.0. The van der Waals surface area contributed by atoms with Gasteiger partial charge in [-0.15, -0.1) is 0 Å². The minimum absolute atomic E-state index is 0.0125. The number of aromatic nitrogens is 2. The predicted molar refractivity (Wildman–Crippen MR) is 124 cm³/mol. The standard InChI is InChI=1S/C25H19ClN4O2/c26-21-9-7-17(8-10-21)23(31)29-25-27-14-20-15-30(12-11-22(20)28-25)24(32)19-6-5-16-3-1-2-4-18(16)13-19/h1-10,13-14H,11-12,15H2,(H,27,28,29,31). The molecule has 2 heterocycles. The fourth-order valence-corrected chi connectivity index (χ4v) is 3.96. The number of carbonyl (C=O) groups is 2. The molecule has 4 aromatic rings. The Morgan fingerprint density at radius 3 is 2.50 bits per heavy atom. The SMILES string of the molecule is O=C(Nc1ncc2c(n1)CCN(C(=O)c1ccc3ccccc3c1)C2)c1ccc(Cl)cc1. The van der Waals surface area contributed by atoms with Crippen LogP contribution in [-0.2, 0) is 13.0 Å². The second-order valence-corrected chi connectivity index (χ2v) is 8.10. The zero-order chi connectivity index (χ0) is 22.1. The molecule has 5 rings (SSSR count). The predicted octanol–water partition coefficient (Wildman–Crippen LogP) is 4.73. The number of benzene rings is 3. The van der Waals surface area contributed by atoms with Gasteiger partial charge in [0.2, 0.25) is 5.95 Å². The maximum atomic E-state index is 13.1. The molecular formula is C25H19ClN4O2. The van der Waals surface area contributed by atoms with Gasteiger partial charge in [0.25, 0.3) is 11.8 Å². The van der Waals surface area contributed by atoms with Gasteiger partial charge in [0.1, 0.15) is 0 Å². The van der Waals surface area contributed by atoms with Gasteiger partial charge in [-0.05, 0) is 47.2 Å². The van der Waals surface area contributed by atoms with Crippen molar-refractivity contribution in [3.63, 3.8) is 0 Å². The van der Waals surface area contributed by atoms with E-state index >= 15 is 0 Å². The number of rotatable bonds is 3. The molecule has 1 aliphatic heterocycles. The van der Waals surface area contributed by atoms with Crippen molar-refractivity contribution in [1.29, 1.82) is 0 Å². The molecule has 0 radical (unpaired) electrons. The minimum Gasteiger partial charge on any atom is -0.334 e. The van der Waals surface area contributed by atoms with Crippen LogP contribution in [0, 0.1) is 0 Å². The van der Waals surface area contributed by atoms with Crippen LogP contribution in [0.3, 0.4) is 0 Å². The van der Waals surface area contributed by atoms with E-state index < -0.39 is 0 Å². The molecule has 0 bridgehead atoms. The Morgan fingerprint density at radius 1 is 0.938 bits per heavy atom. The van der Waals surface area contributed by atoms with Crippen molar-refractivity contribution in [1.82, 2.24) is 14.9 Å². The molecule has 2 amide bonds. The van der Waals surface area contributed by atoms with Gasteiger partial charge in [-0.1, -0.05) is 41.9 Å². The average molecular weight is 443 g/mol. The molecule has 3 aromatic carbocycles. The van der Waals surface area contributed by atoms with Crippen molar-refractivity contribution in [2.75, 3.05) is 11.9 Å². The summed E-state index contributed by atoms with van der Waals surface area (Å²) in [5.41, 5.74) is 2.87. The highest BCUT2D eigenvalue weighted by molar-refractivity contribution is 6.30. The molecule has 0 fully saturated rings. The molecule has 0 saturated heterocycles. The van der Waals surface area contributed by atoms with Crippen LogP contribution < -0.4 is 5.32 Å². The number of anilines is 1. The van der Waals surface area contributed by atoms with Crippen molar-refractivity contribution in [2.45, 2.75) is 13.0 Å². The summed E-state index contributed by atoms with van der Waals surface area (Å²) in [5.74, 6) is -0.0648. The Kier molecular flexibility index (Phi) is 5.29.